The summed E-state index contributed by atoms with van der Waals surface area (Å²) >= 11 is 0. The fraction of sp³-hybridized carbons (Fsp3) is 0.320. The Morgan fingerprint density at radius 1 is 0.938 bits per heavy atom. The number of hydrogen-bond acceptors (Lipinski definition) is 6. The third kappa shape index (κ3) is 6.70. The van der Waals surface area contributed by atoms with E-state index < -0.39 is 5.97 Å². The summed E-state index contributed by atoms with van der Waals surface area (Å²) in [7, 11) is 0. The largest absolute Gasteiger partial charge is 0.507 e. The van der Waals surface area contributed by atoms with Gasteiger partial charge in [-0.3, -0.25) is 9.59 Å². The van der Waals surface area contributed by atoms with E-state index in [1.807, 2.05) is 6.92 Å². The molecule has 0 aliphatic rings. The maximum absolute atomic E-state index is 11.9. The summed E-state index contributed by atoms with van der Waals surface area (Å²) in [6, 6.07) is 8.12. The first-order chi connectivity index (χ1) is 15.2. The van der Waals surface area contributed by atoms with Crippen LogP contribution in [0.3, 0.4) is 0 Å². The minimum atomic E-state index is -1.06. The number of phenols is 1. The summed E-state index contributed by atoms with van der Waals surface area (Å²) in [4.78, 5) is 34.2. The second-order valence-corrected chi connectivity index (χ2v) is 7.28. The average Bonchev–Trinajstić information content (AvgIpc) is 2.73. The fourth-order valence-electron chi connectivity index (χ4n) is 3.17. The third-order valence-corrected chi connectivity index (χ3v) is 4.73. The van der Waals surface area contributed by atoms with Gasteiger partial charge in [-0.15, -0.1) is 0 Å². The standard InChI is InChI=1S/C25H28O7/c1-4-6-21-22(11-10-20(17(3)27)25(21)30)31-13-5-14-32-23-15-18(8-12-24(28)29)7-9-19(23)16(2)26/h7-12,15,30H,4-6,13-14H2,1-3H3,(H,28,29). The van der Waals surface area contributed by atoms with Gasteiger partial charge in [0, 0.05) is 18.1 Å². The molecular weight excluding hydrogens is 412 g/mol. The molecule has 7 heteroatoms. The molecule has 0 atom stereocenters. The van der Waals surface area contributed by atoms with Crippen molar-refractivity contribution in [2.24, 2.45) is 0 Å². The second kappa shape index (κ2) is 11.7. The Kier molecular flexibility index (Phi) is 9.01. The minimum Gasteiger partial charge on any atom is -0.507 e. The Bertz CT molecular complexity index is 1020. The van der Waals surface area contributed by atoms with Gasteiger partial charge in [0.15, 0.2) is 11.6 Å². The number of ketones is 2. The van der Waals surface area contributed by atoms with Crippen LogP contribution in [0.5, 0.6) is 17.2 Å². The van der Waals surface area contributed by atoms with Crippen LogP contribution in [0.4, 0.5) is 0 Å². The highest BCUT2D eigenvalue weighted by atomic mass is 16.5. The average molecular weight is 440 g/mol. The van der Waals surface area contributed by atoms with E-state index in [2.05, 4.69) is 0 Å². The number of aromatic hydroxyl groups is 1. The summed E-state index contributed by atoms with van der Waals surface area (Å²) in [6.07, 6.45) is 4.31. The lowest BCUT2D eigenvalue weighted by atomic mass is 10.0. The number of aliphatic carboxylic acids is 1. The molecule has 7 nitrogen and oxygen atoms in total. The van der Waals surface area contributed by atoms with Crippen molar-refractivity contribution in [1.82, 2.24) is 0 Å². The monoisotopic (exact) mass is 440 g/mol. The highest BCUT2D eigenvalue weighted by Crippen LogP contribution is 2.33. The van der Waals surface area contributed by atoms with Crippen molar-refractivity contribution >= 4 is 23.6 Å². The topological polar surface area (TPSA) is 110 Å². The van der Waals surface area contributed by atoms with Crippen LogP contribution in [0.15, 0.2) is 36.4 Å². The van der Waals surface area contributed by atoms with Crippen molar-refractivity contribution in [1.29, 1.82) is 0 Å². The molecule has 32 heavy (non-hydrogen) atoms. The van der Waals surface area contributed by atoms with Crippen LogP contribution in [0.25, 0.3) is 6.08 Å². The Morgan fingerprint density at radius 3 is 2.16 bits per heavy atom. The molecule has 0 spiro atoms. The molecule has 0 heterocycles. The van der Waals surface area contributed by atoms with E-state index >= 15 is 0 Å². The van der Waals surface area contributed by atoms with Crippen molar-refractivity contribution in [2.75, 3.05) is 13.2 Å². The van der Waals surface area contributed by atoms with Crippen LogP contribution in [-0.2, 0) is 11.2 Å². The van der Waals surface area contributed by atoms with Gasteiger partial charge in [-0.2, -0.15) is 0 Å². The van der Waals surface area contributed by atoms with Gasteiger partial charge in [0.2, 0.25) is 0 Å². The first kappa shape index (κ1) is 24.7. The Balaban J connectivity index is 2.02. The molecule has 2 aromatic carbocycles. The molecule has 0 unspecified atom stereocenters. The van der Waals surface area contributed by atoms with Gasteiger partial charge in [0.05, 0.1) is 24.3 Å². The predicted octanol–water partition coefficient (Wildman–Crippen LogP) is 4.70. The third-order valence-electron chi connectivity index (χ3n) is 4.73. The Morgan fingerprint density at radius 2 is 1.56 bits per heavy atom. The molecule has 0 radical (unpaired) electrons. The number of hydrogen-bond donors (Lipinski definition) is 2. The predicted molar refractivity (Wildman–Crippen MR) is 121 cm³/mol. The first-order valence-electron chi connectivity index (χ1n) is 10.4. The lowest BCUT2D eigenvalue weighted by Gasteiger charge is -2.15. The number of carboxylic acid groups (broad SMARTS) is 1. The zero-order valence-corrected chi connectivity index (χ0v) is 18.5. The van der Waals surface area contributed by atoms with Crippen molar-refractivity contribution < 1.29 is 34.1 Å². The fourth-order valence-corrected chi connectivity index (χ4v) is 3.17. The molecule has 170 valence electrons. The summed E-state index contributed by atoms with van der Waals surface area (Å²) in [6.45, 7) is 5.40. The summed E-state index contributed by atoms with van der Waals surface area (Å²) in [5, 5.41) is 19.2. The maximum Gasteiger partial charge on any atom is 0.328 e. The van der Waals surface area contributed by atoms with E-state index in [1.54, 1.807) is 30.3 Å². The van der Waals surface area contributed by atoms with Gasteiger partial charge in [0.1, 0.15) is 17.2 Å². The van der Waals surface area contributed by atoms with Crippen LogP contribution < -0.4 is 9.47 Å². The number of phenolic OH excluding ortho intramolecular Hbond substituents is 1. The second-order valence-electron chi connectivity index (χ2n) is 7.28. The van der Waals surface area contributed by atoms with Gasteiger partial charge >= 0.3 is 5.97 Å². The van der Waals surface area contributed by atoms with Gasteiger partial charge < -0.3 is 19.7 Å². The van der Waals surface area contributed by atoms with E-state index in [1.165, 1.54) is 19.9 Å². The van der Waals surface area contributed by atoms with Crippen LogP contribution in [0.1, 0.15) is 65.5 Å². The smallest absolute Gasteiger partial charge is 0.328 e. The van der Waals surface area contributed by atoms with Crippen LogP contribution in [-0.4, -0.2) is 41.0 Å². The number of carbonyl (C=O) groups excluding carboxylic acids is 2. The molecule has 2 rings (SSSR count). The number of rotatable bonds is 12. The minimum absolute atomic E-state index is 0.0366. The van der Waals surface area contributed by atoms with Gasteiger partial charge in [-0.25, -0.2) is 4.79 Å². The maximum atomic E-state index is 11.9. The number of carboxylic acids is 1. The van der Waals surface area contributed by atoms with Gasteiger partial charge in [-0.1, -0.05) is 19.4 Å². The molecule has 0 aliphatic heterocycles. The number of benzene rings is 2. The van der Waals surface area contributed by atoms with E-state index in [-0.39, 0.29) is 29.5 Å². The molecule has 0 saturated heterocycles. The van der Waals surface area contributed by atoms with Crippen LogP contribution in [0, 0.1) is 0 Å². The molecular formula is C25H28O7. The molecule has 0 aliphatic carbocycles. The summed E-state index contributed by atoms with van der Waals surface area (Å²) < 4.78 is 11.6. The lowest BCUT2D eigenvalue weighted by Crippen LogP contribution is -2.09. The zero-order chi connectivity index (χ0) is 23.7. The summed E-state index contributed by atoms with van der Waals surface area (Å²) in [5.74, 6) is -0.563. The van der Waals surface area contributed by atoms with Crippen molar-refractivity contribution in [2.45, 2.75) is 40.0 Å². The van der Waals surface area contributed by atoms with Gasteiger partial charge in [0.25, 0.3) is 0 Å². The van der Waals surface area contributed by atoms with E-state index in [0.717, 1.165) is 12.5 Å². The first-order valence-corrected chi connectivity index (χ1v) is 10.4. The normalized spacial score (nSPS) is 10.8. The lowest BCUT2D eigenvalue weighted by molar-refractivity contribution is -0.131. The van der Waals surface area contributed by atoms with E-state index in [4.69, 9.17) is 14.6 Å². The quantitative estimate of drug-likeness (QED) is 0.280. The van der Waals surface area contributed by atoms with Crippen molar-refractivity contribution in [3.05, 3.63) is 58.7 Å². The van der Waals surface area contributed by atoms with Gasteiger partial charge in [-0.05, 0) is 56.2 Å². The Labute approximate surface area is 187 Å². The van der Waals surface area contributed by atoms with Crippen LogP contribution in [0.2, 0.25) is 0 Å². The number of ether oxygens (including phenoxy) is 2. The SMILES string of the molecule is CCCc1c(OCCCOc2cc(C=CC(=O)O)ccc2C(C)=O)ccc(C(C)=O)c1O. The highest BCUT2D eigenvalue weighted by Gasteiger charge is 2.16. The van der Waals surface area contributed by atoms with Crippen LogP contribution >= 0.6 is 0 Å². The van der Waals surface area contributed by atoms with E-state index in [9.17, 15) is 19.5 Å². The number of Topliss-reactive ketones (excluding diaryl/α,β-unsaturated/α-hetero) is 2. The highest BCUT2D eigenvalue weighted by molar-refractivity contribution is 5.98. The summed E-state index contributed by atoms with van der Waals surface area (Å²) in [5.41, 5.74) is 1.90. The molecule has 0 fully saturated rings. The van der Waals surface area contributed by atoms with Crippen molar-refractivity contribution in [3.63, 3.8) is 0 Å². The molecule has 0 aromatic heterocycles. The molecule has 0 bridgehead atoms. The van der Waals surface area contributed by atoms with E-state index in [0.29, 0.717) is 47.6 Å². The molecule has 0 amide bonds. The molecule has 0 saturated carbocycles. The zero-order valence-electron chi connectivity index (χ0n) is 18.5. The number of carbonyl (C=O) groups is 3. The van der Waals surface area contributed by atoms with Crippen molar-refractivity contribution in [3.8, 4) is 17.2 Å². The molecule has 2 N–H and O–H groups in total. The molecule has 2 aromatic rings. The Hall–Kier alpha value is -3.61.